The molecule has 0 aliphatic heterocycles. The molecule has 0 fully saturated rings. The fourth-order valence-corrected chi connectivity index (χ4v) is 4.33. The molecule has 29 heavy (non-hydrogen) atoms. The van der Waals surface area contributed by atoms with E-state index in [0.717, 1.165) is 41.2 Å². The summed E-state index contributed by atoms with van der Waals surface area (Å²) in [5.41, 5.74) is 2.33. The molecular weight excluding hydrogens is 386 g/mol. The van der Waals surface area contributed by atoms with Crippen molar-refractivity contribution in [3.05, 3.63) is 35.7 Å². The molecule has 0 aliphatic rings. The van der Waals surface area contributed by atoms with Crippen LogP contribution in [0.2, 0.25) is 0 Å². The number of fused-ring (bicyclic) bond motifs is 1. The third kappa shape index (κ3) is 4.59. The fourth-order valence-electron chi connectivity index (χ4n) is 3.31. The highest BCUT2D eigenvalue weighted by Crippen LogP contribution is 2.32. The molecule has 8 heteroatoms. The lowest BCUT2D eigenvalue weighted by Crippen LogP contribution is -2.39. The van der Waals surface area contributed by atoms with Gasteiger partial charge < -0.3 is 9.64 Å². The summed E-state index contributed by atoms with van der Waals surface area (Å²) in [6, 6.07) is 5.85. The van der Waals surface area contributed by atoms with Gasteiger partial charge in [-0.25, -0.2) is 4.98 Å². The Bertz CT molecular complexity index is 957. The molecule has 0 saturated carbocycles. The Hall–Kier alpha value is -2.45. The zero-order valence-corrected chi connectivity index (χ0v) is 18.6. The molecule has 1 amide bonds. The second-order valence-corrected chi connectivity index (χ2v) is 7.85. The first-order valence-electron chi connectivity index (χ1n) is 10.0. The molecule has 0 radical (unpaired) electrons. The number of hydrogen-bond donors (Lipinski definition) is 0. The van der Waals surface area contributed by atoms with Crippen molar-refractivity contribution in [2.45, 2.75) is 27.7 Å². The van der Waals surface area contributed by atoms with E-state index in [9.17, 15) is 4.79 Å². The number of thiazole rings is 1. The summed E-state index contributed by atoms with van der Waals surface area (Å²) in [6.45, 7) is 12.0. The maximum atomic E-state index is 13.5. The molecule has 0 atom stereocenters. The number of ether oxygens (including phenoxy) is 1. The van der Waals surface area contributed by atoms with E-state index in [1.807, 2.05) is 32.0 Å². The molecule has 156 valence electrons. The largest absolute Gasteiger partial charge is 0.494 e. The maximum Gasteiger partial charge on any atom is 0.278 e. The van der Waals surface area contributed by atoms with Crippen molar-refractivity contribution in [2.24, 2.45) is 7.05 Å². The quantitative estimate of drug-likeness (QED) is 0.533. The summed E-state index contributed by atoms with van der Waals surface area (Å²) in [4.78, 5) is 22.3. The first kappa shape index (κ1) is 21.3. The second-order valence-electron chi connectivity index (χ2n) is 6.84. The third-order valence-corrected chi connectivity index (χ3v) is 6.04. The molecule has 1 aromatic carbocycles. The zero-order chi connectivity index (χ0) is 21.0. The van der Waals surface area contributed by atoms with E-state index in [0.29, 0.717) is 24.0 Å². The van der Waals surface area contributed by atoms with Crippen LogP contribution >= 0.6 is 11.3 Å². The minimum absolute atomic E-state index is 0.0706. The van der Waals surface area contributed by atoms with Gasteiger partial charge in [0.05, 0.1) is 23.0 Å². The van der Waals surface area contributed by atoms with Crippen molar-refractivity contribution in [1.29, 1.82) is 0 Å². The molecule has 0 saturated heterocycles. The number of carbonyl (C=O) groups excluding carboxylic acids is 1. The molecule has 0 bridgehead atoms. The Balaban J connectivity index is 1.97. The number of anilines is 1. The summed E-state index contributed by atoms with van der Waals surface area (Å²) in [6.07, 6.45) is 1.72. The third-order valence-electron chi connectivity index (χ3n) is 4.99. The number of nitrogens with zero attached hydrogens (tertiary/aromatic N) is 5. The highest BCUT2D eigenvalue weighted by molar-refractivity contribution is 7.22. The Morgan fingerprint density at radius 1 is 1.21 bits per heavy atom. The molecule has 3 aromatic rings. The van der Waals surface area contributed by atoms with Gasteiger partial charge in [-0.3, -0.25) is 14.4 Å². The van der Waals surface area contributed by atoms with Gasteiger partial charge in [-0.05, 0) is 50.7 Å². The topological polar surface area (TPSA) is 63.5 Å². The molecule has 0 N–H and O–H groups in total. The maximum absolute atomic E-state index is 13.5. The first-order valence-corrected chi connectivity index (χ1v) is 10.9. The van der Waals surface area contributed by atoms with Gasteiger partial charge in [-0.15, -0.1) is 0 Å². The number of carbonyl (C=O) groups is 1. The number of likely N-dealkylation sites (N-methyl/N-ethyl adjacent to an activating group) is 1. The zero-order valence-electron chi connectivity index (χ0n) is 17.8. The van der Waals surface area contributed by atoms with Crippen LogP contribution in [0.25, 0.3) is 10.2 Å². The summed E-state index contributed by atoms with van der Waals surface area (Å²) >= 11 is 1.52. The van der Waals surface area contributed by atoms with Gasteiger partial charge in [0.25, 0.3) is 5.91 Å². The summed E-state index contributed by atoms with van der Waals surface area (Å²) in [5.74, 6) is 0.748. The van der Waals surface area contributed by atoms with Crippen molar-refractivity contribution in [1.82, 2.24) is 19.7 Å². The predicted molar refractivity (Wildman–Crippen MR) is 118 cm³/mol. The first-order chi connectivity index (χ1) is 14.0. The van der Waals surface area contributed by atoms with Crippen molar-refractivity contribution in [3.63, 3.8) is 0 Å². The fraction of sp³-hybridized carbons (Fsp3) is 0.476. The minimum Gasteiger partial charge on any atom is -0.494 e. The summed E-state index contributed by atoms with van der Waals surface area (Å²) < 4.78 is 8.26. The number of amides is 1. The van der Waals surface area contributed by atoms with Crippen LogP contribution in [0.15, 0.2) is 24.4 Å². The van der Waals surface area contributed by atoms with Crippen LogP contribution < -0.4 is 9.64 Å². The Morgan fingerprint density at radius 3 is 2.59 bits per heavy atom. The van der Waals surface area contributed by atoms with E-state index in [1.54, 1.807) is 22.8 Å². The van der Waals surface area contributed by atoms with Crippen LogP contribution in [-0.4, -0.2) is 58.4 Å². The molecule has 0 unspecified atom stereocenters. The molecule has 2 aromatic heterocycles. The minimum atomic E-state index is -0.0706. The van der Waals surface area contributed by atoms with E-state index >= 15 is 0 Å². The molecular formula is C21H29N5O2S. The normalized spacial score (nSPS) is 11.4. The monoisotopic (exact) mass is 415 g/mol. The molecule has 0 aliphatic carbocycles. The molecule has 3 rings (SSSR count). The average molecular weight is 416 g/mol. The van der Waals surface area contributed by atoms with Crippen LogP contribution in [0.4, 0.5) is 5.13 Å². The van der Waals surface area contributed by atoms with Crippen molar-refractivity contribution in [2.75, 3.05) is 37.7 Å². The van der Waals surface area contributed by atoms with Gasteiger partial charge >= 0.3 is 0 Å². The van der Waals surface area contributed by atoms with Crippen molar-refractivity contribution in [3.8, 4) is 5.75 Å². The lowest BCUT2D eigenvalue weighted by Gasteiger charge is -2.25. The van der Waals surface area contributed by atoms with E-state index in [2.05, 4.69) is 23.8 Å². The Morgan fingerprint density at radius 2 is 1.97 bits per heavy atom. The second kappa shape index (κ2) is 9.37. The lowest BCUT2D eigenvalue weighted by atomic mass is 10.2. The lowest BCUT2D eigenvalue weighted by molar-refractivity contribution is 0.0974. The van der Waals surface area contributed by atoms with Crippen molar-refractivity contribution >= 4 is 32.6 Å². The van der Waals surface area contributed by atoms with E-state index < -0.39 is 0 Å². The standard InChI is InChI=1S/C21H29N5O2S/c1-6-25(7-2)11-12-26(20(27)19-15(4)14-22-24(19)5)21-23-17-10-9-16(28-8-3)13-18(17)29-21/h9-10,13-14H,6-8,11-12H2,1-5H3. The predicted octanol–water partition coefficient (Wildman–Crippen LogP) is 3.73. The van der Waals surface area contributed by atoms with Gasteiger partial charge in [0, 0.05) is 20.1 Å². The number of rotatable bonds is 9. The molecule has 7 nitrogen and oxygen atoms in total. The highest BCUT2D eigenvalue weighted by atomic mass is 32.1. The summed E-state index contributed by atoms with van der Waals surface area (Å²) in [5, 5.41) is 4.94. The Labute approximate surface area is 175 Å². The SMILES string of the molecule is CCOc1ccc2nc(N(CCN(CC)CC)C(=O)c3c(C)cnn3C)sc2c1. The van der Waals surface area contributed by atoms with Gasteiger partial charge in [-0.1, -0.05) is 25.2 Å². The Kier molecular flexibility index (Phi) is 6.87. The summed E-state index contributed by atoms with van der Waals surface area (Å²) in [7, 11) is 1.80. The number of aryl methyl sites for hydroxylation is 2. The van der Waals surface area contributed by atoms with Gasteiger partial charge in [-0.2, -0.15) is 5.10 Å². The van der Waals surface area contributed by atoms with Gasteiger partial charge in [0.1, 0.15) is 11.4 Å². The van der Waals surface area contributed by atoms with Crippen molar-refractivity contribution < 1.29 is 9.53 Å². The smallest absolute Gasteiger partial charge is 0.278 e. The van der Waals surface area contributed by atoms with Crippen LogP contribution in [0.5, 0.6) is 5.75 Å². The molecule has 0 spiro atoms. The number of hydrogen-bond acceptors (Lipinski definition) is 6. The van der Waals surface area contributed by atoms with Crippen LogP contribution in [0.1, 0.15) is 36.8 Å². The van der Waals surface area contributed by atoms with E-state index in [-0.39, 0.29) is 5.91 Å². The van der Waals surface area contributed by atoms with E-state index in [1.165, 1.54) is 11.3 Å². The van der Waals surface area contributed by atoms with Gasteiger partial charge in [0.2, 0.25) is 0 Å². The van der Waals surface area contributed by atoms with Crippen LogP contribution in [0, 0.1) is 6.92 Å². The molecule has 2 heterocycles. The van der Waals surface area contributed by atoms with Crippen LogP contribution in [-0.2, 0) is 7.05 Å². The van der Waals surface area contributed by atoms with Gasteiger partial charge in [0.15, 0.2) is 5.13 Å². The van der Waals surface area contributed by atoms with Crippen LogP contribution in [0.3, 0.4) is 0 Å². The number of aromatic nitrogens is 3. The average Bonchev–Trinajstić information content (AvgIpc) is 3.27. The highest BCUT2D eigenvalue weighted by Gasteiger charge is 2.25. The number of benzene rings is 1. The van der Waals surface area contributed by atoms with E-state index in [4.69, 9.17) is 9.72 Å².